The molecule has 0 unspecified atom stereocenters. The van der Waals surface area contributed by atoms with Crippen molar-refractivity contribution in [3.8, 4) is 11.5 Å². The molecule has 1 aliphatic heterocycles. The molecule has 0 amide bonds. The van der Waals surface area contributed by atoms with Crippen molar-refractivity contribution in [1.82, 2.24) is 0 Å². The van der Waals surface area contributed by atoms with Crippen LogP contribution >= 0.6 is 0 Å². The van der Waals surface area contributed by atoms with Crippen molar-refractivity contribution in [2.75, 3.05) is 6.79 Å². The highest BCUT2D eigenvalue weighted by molar-refractivity contribution is 7.86. The molecular weight excluding hydrogens is 199 g/mol. The fourth-order valence-corrected chi connectivity index (χ4v) is 1.51. The first-order valence-corrected chi connectivity index (χ1v) is 4.80. The Balaban J connectivity index is 2.54. The number of fused-ring (bicyclic) bond motifs is 1. The smallest absolute Gasteiger partial charge is 0.332 e. The summed E-state index contributed by atoms with van der Waals surface area (Å²) in [4.78, 5) is -0.420. The molecule has 6 heteroatoms. The van der Waals surface area contributed by atoms with Gasteiger partial charge in [0.05, 0.1) is 0 Å². The van der Waals surface area contributed by atoms with Gasteiger partial charge in [0, 0.05) is 6.07 Å². The van der Waals surface area contributed by atoms with Crippen LogP contribution in [0.5, 0.6) is 11.5 Å². The largest absolute Gasteiger partial charge is 0.454 e. The van der Waals surface area contributed by atoms with Crippen LogP contribution in [0, 0.1) is 0 Å². The lowest BCUT2D eigenvalue weighted by atomic mass is 10.3. The van der Waals surface area contributed by atoms with E-state index in [1.807, 2.05) is 0 Å². The normalized spacial score (nSPS) is 14.5. The van der Waals surface area contributed by atoms with Gasteiger partial charge in [-0.2, -0.15) is 8.42 Å². The molecule has 4 nitrogen and oxygen atoms in total. The Bertz CT molecular complexity index is 440. The summed E-state index contributed by atoms with van der Waals surface area (Å²) in [6.45, 7) is 0.0329. The number of hydrogen-bond donors (Lipinski definition) is 0. The van der Waals surface area contributed by atoms with Crippen molar-refractivity contribution in [1.29, 1.82) is 0 Å². The Hall–Kier alpha value is -1.30. The van der Waals surface area contributed by atoms with Crippen LogP contribution in [0.3, 0.4) is 0 Å². The molecule has 0 radical (unpaired) electrons. The van der Waals surface area contributed by atoms with Gasteiger partial charge in [-0.15, -0.1) is 3.89 Å². The van der Waals surface area contributed by atoms with E-state index >= 15 is 0 Å². The molecule has 1 aromatic carbocycles. The molecule has 0 atom stereocenters. The zero-order chi connectivity index (χ0) is 9.47. The third kappa shape index (κ3) is 1.44. The fourth-order valence-electron chi connectivity index (χ4n) is 1.03. The topological polar surface area (TPSA) is 52.6 Å². The van der Waals surface area contributed by atoms with E-state index in [1.165, 1.54) is 6.07 Å². The van der Waals surface area contributed by atoms with Gasteiger partial charge < -0.3 is 9.47 Å². The summed E-state index contributed by atoms with van der Waals surface area (Å²) in [6, 6.07) is 3.58. The summed E-state index contributed by atoms with van der Waals surface area (Å²) in [7, 11) is -4.66. The monoisotopic (exact) mass is 204 g/mol. The van der Waals surface area contributed by atoms with Crippen LogP contribution in [0.15, 0.2) is 23.1 Å². The number of halogens is 1. The molecule has 0 N–H and O–H groups in total. The summed E-state index contributed by atoms with van der Waals surface area (Å²) in [5, 5.41) is 0. The third-order valence-corrected chi connectivity index (χ3v) is 2.44. The van der Waals surface area contributed by atoms with Crippen LogP contribution < -0.4 is 9.47 Å². The van der Waals surface area contributed by atoms with Crippen LogP contribution in [0.2, 0.25) is 0 Å². The van der Waals surface area contributed by atoms with Gasteiger partial charge in [0.1, 0.15) is 4.90 Å². The molecule has 13 heavy (non-hydrogen) atoms. The van der Waals surface area contributed by atoms with Crippen molar-refractivity contribution in [2.24, 2.45) is 0 Å². The Morgan fingerprint density at radius 1 is 1.23 bits per heavy atom. The molecule has 70 valence electrons. The highest BCUT2D eigenvalue weighted by Gasteiger charge is 2.19. The van der Waals surface area contributed by atoms with E-state index in [0.29, 0.717) is 5.75 Å². The van der Waals surface area contributed by atoms with Crippen molar-refractivity contribution in [3.05, 3.63) is 18.2 Å². The maximum Gasteiger partial charge on any atom is 0.332 e. The molecule has 0 saturated heterocycles. The van der Waals surface area contributed by atoms with Gasteiger partial charge in [-0.05, 0) is 12.1 Å². The van der Waals surface area contributed by atoms with Gasteiger partial charge in [-0.1, -0.05) is 0 Å². The lowest BCUT2D eigenvalue weighted by Gasteiger charge is -1.97. The van der Waals surface area contributed by atoms with E-state index in [9.17, 15) is 12.3 Å². The quantitative estimate of drug-likeness (QED) is 0.642. The van der Waals surface area contributed by atoms with E-state index < -0.39 is 15.1 Å². The Morgan fingerprint density at radius 2 is 1.92 bits per heavy atom. The van der Waals surface area contributed by atoms with Crippen LogP contribution in [0.1, 0.15) is 0 Å². The van der Waals surface area contributed by atoms with Crippen LogP contribution in [-0.4, -0.2) is 15.2 Å². The molecule has 1 heterocycles. The van der Waals surface area contributed by atoms with E-state index in [1.54, 1.807) is 0 Å². The second kappa shape index (κ2) is 2.59. The highest BCUT2D eigenvalue weighted by Crippen LogP contribution is 2.34. The van der Waals surface area contributed by atoms with Gasteiger partial charge >= 0.3 is 10.2 Å². The van der Waals surface area contributed by atoms with E-state index in [2.05, 4.69) is 0 Å². The standard InChI is InChI=1S/C7H5FO4S/c8-13(9,10)5-1-2-6-7(3-5)12-4-11-6/h1-3H,4H2. The predicted molar refractivity (Wildman–Crippen MR) is 40.9 cm³/mol. The summed E-state index contributed by atoms with van der Waals surface area (Å²) >= 11 is 0. The maximum absolute atomic E-state index is 12.5. The first-order valence-electron chi connectivity index (χ1n) is 3.42. The Morgan fingerprint density at radius 3 is 2.62 bits per heavy atom. The number of ether oxygens (including phenoxy) is 2. The van der Waals surface area contributed by atoms with Crippen LogP contribution in [0.4, 0.5) is 3.89 Å². The van der Waals surface area contributed by atoms with Gasteiger partial charge in [-0.3, -0.25) is 0 Å². The Labute approximate surface area is 74.1 Å². The second-order valence-electron chi connectivity index (χ2n) is 2.45. The van der Waals surface area contributed by atoms with E-state index in [0.717, 1.165) is 12.1 Å². The average molecular weight is 204 g/mol. The van der Waals surface area contributed by atoms with Gasteiger partial charge in [0.15, 0.2) is 11.5 Å². The first-order chi connectivity index (χ1) is 6.07. The van der Waals surface area contributed by atoms with Crippen molar-refractivity contribution in [3.63, 3.8) is 0 Å². The highest BCUT2D eigenvalue weighted by atomic mass is 32.3. The van der Waals surface area contributed by atoms with Gasteiger partial charge in [0.25, 0.3) is 0 Å². The number of rotatable bonds is 1. The third-order valence-electron chi connectivity index (χ3n) is 1.63. The van der Waals surface area contributed by atoms with Crippen LogP contribution in [0.25, 0.3) is 0 Å². The zero-order valence-corrected chi connectivity index (χ0v) is 7.17. The minimum atomic E-state index is -4.66. The van der Waals surface area contributed by atoms with Gasteiger partial charge in [-0.25, -0.2) is 0 Å². The molecule has 0 aromatic heterocycles. The van der Waals surface area contributed by atoms with Crippen molar-refractivity contribution in [2.45, 2.75) is 4.90 Å². The fraction of sp³-hybridized carbons (Fsp3) is 0.143. The lowest BCUT2D eigenvalue weighted by Crippen LogP contribution is -1.93. The summed E-state index contributed by atoms with van der Waals surface area (Å²) in [6.07, 6.45) is 0. The summed E-state index contributed by atoms with van der Waals surface area (Å²) in [5.41, 5.74) is 0. The van der Waals surface area contributed by atoms with E-state index in [-0.39, 0.29) is 12.5 Å². The first kappa shape index (κ1) is 8.31. The molecule has 0 fully saturated rings. The zero-order valence-electron chi connectivity index (χ0n) is 6.36. The molecule has 1 aliphatic rings. The van der Waals surface area contributed by atoms with Gasteiger partial charge in [0.2, 0.25) is 6.79 Å². The molecule has 0 saturated carbocycles. The summed E-state index contributed by atoms with van der Waals surface area (Å²) < 4.78 is 43.2. The molecule has 0 bridgehead atoms. The average Bonchev–Trinajstić information content (AvgIpc) is 2.47. The molecular formula is C7H5FO4S. The lowest BCUT2D eigenvalue weighted by molar-refractivity contribution is 0.174. The molecule has 2 rings (SSSR count). The maximum atomic E-state index is 12.5. The Kier molecular flexibility index (Phi) is 1.66. The van der Waals surface area contributed by atoms with Crippen molar-refractivity contribution >= 4 is 10.2 Å². The molecule has 0 spiro atoms. The van der Waals surface area contributed by atoms with Crippen molar-refractivity contribution < 1.29 is 21.8 Å². The summed E-state index contributed by atoms with van der Waals surface area (Å²) in [5.74, 6) is 0.672. The van der Waals surface area contributed by atoms with Crippen LogP contribution in [-0.2, 0) is 10.2 Å². The van der Waals surface area contributed by atoms with E-state index in [4.69, 9.17) is 9.47 Å². The minimum absolute atomic E-state index is 0.0329. The minimum Gasteiger partial charge on any atom is -0.454 e. The number of benzene rings is 1. The number of hydrogen-bond acceptors (Lipinski definition) is 4. The molecule has 0 aliphatic carbocycles. The SMILES string of the molecule is O=S(=O)(F)c1ccc2c(c1)OCO2. The molecule has 1 aromatic rings. The predicted octanol–water partition coefficient (Wildman–Crippen LogP) is 1.07. The second-order valence-corrected chi connectivity index (χ2v) is 3.80.